The maximum atomic E-state index is 9.05. The summed E-state index contributed by atoms with van der Waals surface area (Å²) in [5.41, 5.74) is 0.0940. The number of hydrogen-bond acceptors (Lipinski definition) is 2. The molecule has 0 aliphatic heterocycles. The molecule has 1 N–H and O–H groups in total. The van der Waals surface area contributed by atoms with Crippen molar-refractivity contribution in [3.05, 3.63) is 0 Å². The molecule has 0 spiro atoms. The summed E-state index contributed by atoms with van der Waals surface area (Å²) in [5, 5.41) is 9.05. The van der Waals surface area contributed by atoms with E-state index in [0.29, 0.717) is 5.92 Å². The van der Waals surface area contributed by atoms with Crippen LogP contribution < -0.4 is 0 Å². The summed E-state index contributed by atoms with van der Waals surface area (Å²) in [5.74, 6) is 0.559. The minimum absolute atomic E-state index is 0.0211. The van der Waals surface area contributed by atoms with Crippen LogP contribution in [0.4, 0.5) is 0 Å². The van der Waals surface area contributed by atoms with E-state index in [1.54, 1.807) is 0 Å². The van der Waals surface area contributed by atoms with Gasteiger partial charge in [0.1, 0.15) is 6.10 Å². The highest BCUT2D eigenvalue weighted by molar-refractivity contribution is 4.84. The Labute approximate surface area is 87.6 Å². The van der Waals surface area contributed by atoms with Gasteiger partial charge >= 0.3 is 0 Å². The van der Waals surface area contributed by atoms with Gasteiger partial charge in [-0.2, -0.15) is 0 Å². The summed E-state index contributed by atoms with van der Waals surface area (Å²) in [6, 6.07) is 0. The zero-order valence-electron chi connectivity index (χ0n) is 9.75. The van der Waals surface area contributed by atoms with Crippen molar-refractivity contribution in [3.63, 3.8) is 0 Å². The summed E-state index contributed by atoms with van der Waals surface area (Å²) < 4.78 is 0. The molecular formula is C12H24O2. The van der Waals surface area contributed by atoms with Crippen LogP contribution in [-0.4, -0.2) is 11.4 Å². The average molecular weight is 200 g/mol. The molecule has 0 bridgehead atoms. The first-order valence-corrected chi connectivity index (χ1v) is 5.92. The van der Waals surface area contributed by atoms with Crippen molar-refractivity contribution in [2.24, 2.45) is 11.3 Å². The monoisotopic (exact) mass is 200 g/mol. The Balaban J connectivity index is 2.59. The molecule has 0 radical (unpaired) electrons. The van der Waals surface area contributed by atoms with Crippen molar-refractivity contribution < 1.29 is 10.1 Å². The van der Waals surface area contributed by atoms with Gasteiger partial charge in [-0.1, -0.05) is 40.0 Å². The normalized spacial score (nSPS) is 22.3. The highest BCUT2D eigenvalue weighted by atomic mass is 17.1. The van der Waals surface area contributed by atoms with Gasteiger partial charge < -0.3 is 0 Å². The largest absolute Gasteiger partial charge is 0.252 e. The second-order valence-corrected chi connectivity index (χ2v) is 5.27. The van der Waals surface area contributed by atoms with E-state index in [0.717, 1.165) is 6.42 Å². The summed E-state index contributed by atoms with van der Waals surface area (Å²) in [6.45, 7) is 6.53. The van der Waals surface area contributed by atoms with Crippen molar-refractivity contribution >= 4 is 0 Å². The van der Waals surface area contributed by atoms with E-state index >= 15 is 0 Å². The third-order valence-electron chi connectivity index (χ3n) is 3.87. The second kappa shape index (κ2) is 5.13. The first kappa shape index (κ1) is 12.0. The van der Waals surface area contributed by atoms with E-state index in [4.69, 9.17) is 10.1 Å². The first-order chi connectivity index (χ1) is 6.61. The van der Waals surface area contributed by atoms with E-state index in [1.165, 1.54) is 32.1 Å². The molecule has 1 saturated carbocycles. The molecule has 0 aromatic rings. The molecule has 0 saturated heterocycles. The third-order valence-corrected chi connectivity index (χ3v) is 3.87. The zero-order valence-corrected chi connectivity index (χ0v) is 9.75. The van der Waals surface area contributed by atoms with Gasteiger partial charge in [-0.15, -0.1) is 0 Å². The van der Waals surface area contributed by atoms with Crippen molar-refractivity contribution in [3.8, 4) is 0 Å². The predicted molar refractivity (Wildman–Crippen MR) is 58.1 cm³/mol. The number of hydrogen-bond donors (Lipinski definition) is 1. The Hall–Kier alpha value is -0.0800. The maximum Gasteiger partial charge on any atom is 0.101 e. The van der Waals surface area contributed by atoms with Crippen LogP contribution in [0.1, 0.15) is 59.3 Å². The molecule has 84 valence electrons. The lowest BCUT2D eigenvalue weighted by atomic mass is 9.72. The second-order valence-electron chi connectivity index (χ2n) is 5.27. The quantitative estimate of drug-likeness (QED) is 0.551. The predicted octanol–water partition coefficient (Wildman–Crippen LogP) is 3.86. The zero-order chi connectivity index (χ0) is 10.6. The SMILES string of the molecule is CCC(C)(C)C(OO)C1CCCCC1. The number of rotatable bonds is 4. The molecule has 2 nitrogen and oxygen atoms in total. The Kier molecular flexibility index (Phi) is 4.39. The Morgan fingerprint density at radius 2 is 1.86 bits per heavy atom. The fourth-order valence-electron chi connectivity index (χ4n) is 2.50. The molecule has 2 heteroatoms. The van der Waals surface area contributed by atoms with E-state index in [1.807, 2.05) is 0 Å². The molecule has 1 aliphatic rings. The van der Waals surface area contributed by atoms with Crippen LogP contribution >= 0.6 is 0 Å². The van der Waals surface area contributed by atoms with Gasteiger partial charge in [0.15, 0.2) is 0 Å². The van der Waals surface area contributed by atoms with Gasteiger partial charge in [0.25, 0.3) is 0 Å². The van der Waals surface area contributed by atoms with Crippen molar-refractivity contribution in [1.29, 1.82) is 0 Å². The molecule has 0 aromatic heterocycles. The molecule has 1 atom stereocenters. The topological polar surface area (TPSA) is 29.5 Å². The lowest BCUT2D eigenvalue weighted by Crippen LogP contribution is -2.38. The molecular weight excluding hydrogens is 176 g/mol. The average Bonchev–Trinajstić information content (AvgIpc) is 2.20. The van der Waals surface area contributed by atoms with Gasteiger partial charge in [0.05, 0.1) is 0 Å². The van der Waals surface area contributed by atoms with Crippen molar-refractivity contribution in [2.75, 3.05) is 0 Å². The Morgan fingerprint density at radius 1 is 1.29 bits per heavy atom. The lowest BCUT2D eigenvalue weighted by Gasteiger charge is -2.38. The van der Waals surface area contributed by atoms with Crippen molar-refractivity contribution in [1.82, 2.24) is 0 Å². The molecule has 1 aliphatic carbocycles. The Morgan fingerprint density at radius 3 is 2.29 bits per heavy atom. The standard InChI is InChI=1S/C12H24O2/c1-4-12(2,3)11(14-13)10-8-6-5-7-9-10/h10-11,13H,4-9H2,1-3H3. The molecule has 1 rings (SSSR count). The van der Waals surface area contributed by atoms with Crippen LogP contribution in [-0.2, 0) is 4.89 Å². The molecule has 1 unspecified atom stereocenters. The molecule has 14 heavy (non-hydrogen) atoms. The molecule has 0 heterocycles. The fourth-order valence-corrected chi connectivity index (χ4v) is 2.50. The minimum atomic E-state index is 0.0211. The maximum absolute atomic E-state index is 9.05. The first-order valence-electron chi connectivity index (χ1n) is 5.92. The van der Waals surface area contributed by atoms with Crippen LogP contribution in [0, 0.1) is 11.3 Å². The third kappa shape index (κ3) is 2.71. The van der Waals surface area contributed by atoms with Gasteiger partial charge in [0.2, 0.25) is 0 Å². The van der Waals surface area contributed by atoms with Gasteiger partial charge in [-0.25, -0.2) is 4.89 Å². The lowest BCUT2D eigenvalue weighted by molar-refractivity contribution is -0.316. The van der Waals surface area contributed by atoms with Gasteiger partial charge in [-0.05, 0) is 30.6 Å². The molecule has 1 fully saturated rings. The Bertz CT molecular complexity index is 160. The summed E-state index contributed by atoms with van der Waals surface area (Å²) >= 11 is 0. The van der Waals surface area contributed by atoms with E-state index < -0.39 is 0 Å². The molecule has 0 aromatic carbocycles. The van der Waals surface area contributed by atoms with Crippen LogP contribution in [0.2, 0.25) is 0 Å². The smallest absolute Gasteiger partial charge is 0.101 e. The summed E-state index contributed by atoms with van der Waals surface area (Å²) in [7, 11) is 0. The van der Waals surface area contributed by atoms with Crippen molar-refractivity contribution in [2.45, 2.75) is 65.4 Å². The highest BCUT2D eigenvalue weighted by Gasteiger charge is 2.36. The fraction of sp³-hybridized carbons (Fsp3) is 1.00. The van der Waals surface area contributed by atoms with E-state index in [-0.39, 0.29) is 11.5 Å². The van der Waals surface area contributed by atoms with Crippen LogP contribution in [0.5, 0.6) is 0 Å². The summed E-state index contributed by atoms with van der Waals surface area (Å²) in [4.78, 5) is 4.75. The highest BCUT2D eigenvalue weighted by Crippen LogP contribution is 2.38. The van der Waals surface area contributed by atoms with Crippen LogP contribution in [0.15, 0.2) is 0 Å². The minimum Gasteiger partial charge on any atom is -0.252 e. The van der Waals surface area contributed by atoms with Gasteiger partial charge in [0, 0.05) is 0 Å². The van der Waals surface area contributed by atoms with E-state index in [2.05, 4.69) is 20.8 Å². The van der Waals surface area contributed by atoms with E-state index in [9.17, 15) is 0 Å². The van der Waals surface area contributed by atoms with Gasteiger partial charge in [-0.3, -0.25) is 5.26 Å². The molecule has 0 amide bonds. The summed E-state index contributed by atoms with van der Waals surface area (Å²) in [6.07, 6.45) is 7.45. The van der Waals surface area contributed by atoms with Crippen LogP contribution in [0.25, 0.3) is 0 Å². The van der Waals surface area contributed by atoms with Crippen LogP contribution in [0.3, 0.4) is 0 Å².